The molecule has 0 radical (unpaired) electrons. The van der Waals surface area contributed by atoms with E-state index in [4.69, 9.17) is 0 Å². The fraction of sp³-hybridized carbons (Fsp3) is 0.300. The van der Waals surface area contributed by atoms with Crippen LogP contribution in [0.3, 0.4) is 0 Å². The summed E-state index contributed by atoms with van der Waals surface area (Å²) in [6, 6.07) is 0. The smallest absolute Gasteiger partial charge is 0.211 e. The van der Waals surface area contributed by atoms with Crippen molar-refractivity contribution in [3.8, 4) is 0 Å². The Labute approximate surface area is 74.0 Å². The first-order chi connectivity index (χ1) is 5.66. The average molecular weight is 165 g/mol. The topological polar surface area (TPSA) is 29.4 Å². The van der Waals surface area contributed by atoms with E-state index in [9.17, 15) is 4.79 Å². The van der Waals surface area contributed by atoms with Crippen LogP contribution in [0.2, 0.25) is 0 Å². The van der Waals surface area contributed by atoms with Gasteiger partial charge in [0.2, 0.25) is 6.08 Å². The van der Waals surface area contributed by atoms with Crippen molar-refractivity contribution < 1.29 is 4.79 Å². The Morgan fingerprint density at radius 1 is 1.33 bits per heavy atom. The number of aliphatic imine (C=N–C) groups is 1. The van der Waals surface area contributed by atoms with Crippen molar-refractivity contribution in [1.82, 2.24) is 0 Å². The SMILES string of the molecule is C=C(C)/C=C\C(=C)N=C=O.CC. The molecule has 0 N–H and O–H groups in total. The highest BCUT2D eigenvalue weighted by molar-refractivity contribution is 5.39. The van der Waals surface area contributed by atoms with Crippen LogP contribution in [0, 0.1) is 0 Å². The summed E-state index contributed by atoms with van der Waals surface area (Å²) in [6.07, 6.45) is 4.72. The monoisotopic (exact) mass is 165 g/mol. The summed E-state index contributed by atoms with van der Waals surface area (Å²) in [5, 5.41) is 0. The molecule has 0 aromatic carbocycles. The van der Waals surface area contributed by atoms with Gasteiger partial charge in [-0.25, -0.2) is 4.79 Å². The molecule has 0 aromatic rings. The minimum Gasteiger partial charge on any atom is -0.211 e. The summed E-state index contributed by atoms with van der Waals surface area (Å²) in [6.45, 7) is 12.9. The molecule has 0 aliphatic carbocycles. The fourth-order valence-electron chi connectivity index (χ4n) is 0.334. The number of hydrogen-bond acceptors (Lipinski definition) is 2. The van der Waals surface area contributed by atoms with Gasteiger partial charge in [-0.3, -0.25) is 0 Å². The van der Waals surface area contributed by atoms with E-state index in [2.05, 4.69) is 18.2 Å². The normalized spacial score (nSPS) is 7.92. The quantitative estimate of drug-likeness (QED) is 0.359. The van der Waals surface area contributed by atoms with Crippen LogP contribution in [0.5, 0.6) is 0 Å². The Hall–Kier alpha value is -1.40. The third-order valence-electron chi connectivity index (χ3n) is 0.749. The molecule has 0 fully saturated rings. The molecule has 0 heterocycles. The van der Waals surface area contributed by atoms with Crippen LogP contribution in [0.1, 0.15) is 20.8 Å². The van der Waals surface area contributed by atoms with Gasteiger partial charge in [-0.1, -0.05) is 38.7 Å². The minimum atomic E-state index is 0.387. The summed E-state index contributed by atoms with van der Waals surface area (Å²) >= 11 is 0. The van der Waals surface area contributed by atoms with E-state index in [-0.39, 0.29) is 0 Å². The molecule has 0 saturated carbocycles. The second-order valence-electron chi connectivity index (χ2n) is 1.87. The number of allylic oxidation sites excluding steroid dienone is 3. The first kappa shape index (κ1) is 13.2. The van der Waals surface area contributed by atoms with Gasteiger partial charge in [0.05, 0.1) is 5.70 Å². The lowest BCUT2D eigenvalue weighted by atomic mass is 10.3. The largest absolute Gasteiger partial charge is 0.240 e. The van der Waals surface area contributed by atoms with Crippen molar-refractivity contribution in [2.45, 2.75) is 20.8 Å². The van der Waals surface area contributed by atoms with Crippen molar-refractivity contribution in [3.05, 3.63) is 36.6 Å². The second kappa shape index (κ2) is 9.60. The first-order valence-corrected chi connectivity index (χ1v) is 3.77. The van der Waals surface area contributed by atoms with Gasteiger partial charge in [0.25, 0.3) is 0 Å². The standard InChI is InChI=1S/C8H9NO.C2H6/c1-7(2)4-5-8(3)9-6-10;1-2/h4-5H,1,3H2,2H3;1-2H3/b5-4-;. The van der Waals surface area contributed by atoms with Crippen molar-refractivity contribution >= 4 is 6.08 Å². The molecule has 0 aliphatic rings. The highest BCUT2D eigenvalue weighted by atomic mass is 16.1. The van der Waals surface area contributed by atoms with Crippen LogP contribution in [0.4, 0.5) is 0 Å². The molecule has 0 aliphatic heterocycles. The number of rotatable bonds is 3. The van der Waals surface area contributed by atoms with Gasteiger partial charge in [-0.15, -0.1) is 0 Å². The van der Waals surface area contributed by atoms with Crippen LogP contribution in [-0.4, -0.2) is 6.08 Å². The Morgan fingerprint density at radius 3 is 2.17 bits per heavy atom. The van der Waals surface area contributed by atoms with Gasteiger partial charge in [0, 0.05) is 0 Å². The fourth-order valence-corrected chi connectivity index (χ4v) is 0.334. The lowest BCUT2D eigenvalue weighted by Gasteiger charge is -1.84. The van der Waals surface area contributed by atoms with Gasteiger partial charge in [-0.2, -0.15) is 4.99 Å². The van der Waals surface area contributed by atoms with E-state index in [1.165, 1.54) is 6.08 Å². The summed E-state index contributed by atoms with van der Waals surface area (Å²) in [7, 11) is 0. The molecule has 66 valence electrons. The Morgan fingerprint density at radius 2 is 1.83 bits per heavy atom. The van der Waals surface area contributed by atoms with E-state index in [1.807, 2.05) is 20.8 Å². The van der Waals surface area contributed by atoms with Gasteiger partial charge >= 0.3 is 0 Å². The molecular formula is C10H15NO. The second-order valence-corrected chi connectivity index (χ2v) is 1.87. The number of carbonyl (C=O) groups excluding carboxylic acids is 1. The zero-order valence-corrected chi connectivity index (χ0v) is 7.92. The summed E-state index contributed by atoms with van der Waals surface area (Å²) in [4.78, 5) is 12.9. The van der Waals surface area contributed by atoms with E-state index in [0.717, 1.165) is 5.57 Å². The predicted octanol–water partition coefficient (Wildman–Crippen LogP) is 2.99. The number of hydrogen-bond donors (Lipinski definition) is 0. The summed E-state index contributed by atoms with van der Waals surface area (Å²) in [5.74, 6) is 0. The minimum absolute atomic E-state index is 0.387. The summed E-state index contributed by atoms with van der Waals surface area (Å²) in [5.41, 5.74) is 1.28. The molecule has 0 spiro atoms. The third-order valence-corrected chi connectivity index (χ3v) is 0.749. The highest BCUT2D eigenvalue weighted by Crippen LogP contribution is 1.96. The van der Waals surface area contributed by atoms with E-state index in [1.54, 1.807) is 12.2 Å². The average Bonchev–Trinajstić information content (AvgIpc) is 2.05. The van der Waals surface area contributed by atoms with E-state index >= 15 is 0 Å². The Balaban J connectivity index is 0. The maximum atomic E-state index is 9.65. The van der Waals surface area contributed by atoms with Gasteiger partial charge in [0.15, 0.2) is 0 Å². The molecule has 0 bridgehead atoms. The van der Waals surface area contributed by atoms with Gasteiger partial charge in [0.1, 0.15) is 0 Å². The molecule has 2 nitrogen and oxygen atoms in total. The molecule has 0 unspecified atom stereocenters. The molecule has 0 saturated heterocycles. The van der Waals surface area contributed by atoms with Crippen LogP contribution in [0.25, 0.3) is 0 Å². The van der Waals surface area contributed by atoms with Crippen LogP contribution >= 0.6 is 0 Å². The van der Waals surface area contributed by atoms with E-state index < -0.39 is 0 Å². The molecule has 12 heavy (non-hydrogen) atoms. The van der Waals surface area contributed by atoms with Crippen molar-refractivity contribution in [3.63, 3.8) is 0 Å². The Kier molecular flexibility index (Phi) is 10.6. The molecule has 2 heteroatoms. The lowest BCUT2D eigenvalue weighted by molar-refractivity contribution is 0.565. The van der Waals surface area contributed by atoms with Crippen LogP contribution in [0.15, 0.2) is 41.6 Å². The molecule has 0 atom stereocenters. The number of isocyanates is 1. The molecular weight excluding hydrogens is 150 g/mol. The summed E-state index contributed by atoms with van der Waals surface area (Å²) < 4.78 is 0. The number of nitrogens with zero attached hydrogens (tertiary/aromatic N) is 1. The van der Waals surface area contributed by atoms with Gasteiger partial charge in [-0.05, 0) is 13.0 Å². The highest BCUT2D eigenvalue weighted by Gasteiger charge is 1.79. The Bertz CT molecular complexity index is 220. The van der Waals surface area contributed by atoms with Crippen LogP contribution in [-0.2, 0) is 4.79 Å². The van der Waals surface area contributed by atoms with Crippen LogP contribution < -0.4 is 0 Å². The maximum absolute atomic E-state index is 9.65. The predicted molar refractivity (Wildman–Crippen MR) is 52.6 cm³/mol. The third kappa shape index (κ3) is 11.4. The zero-order chi connectivity index (χ0) is 9.98. The molecule has 0 rings (SSSR count). The first-order valence-electron chi connectivity index (χ1n) is 3.77. The maximum Gasteiger partial charge on any atom is 0.240 e. The van der Waals surface area contributed by atoms with Crippen molar-refractivity contribution in [2.24, 2.45) is 4.99 Å². The van der Waals surface area contributed by atoms with E-state index in [0.29, 0.717) is 5.70 Å². The van der Waals surface area contributed by atoms with Crippen molar-refractivity contribution in [1.29, 1.82) is 0 Å². The lowest BCUT2D eigenvalue weighted by Crippen LogP contribution is -1.67. The molecule has 0 aromatic heterocycles. The van der Waals surface area contributed by atoms with Gasteiger partial charge < -0.3 is 0 Å². The molecule has 0 amide bonds. The van der Waals surface area contributed by atoms with Crippen molar-refractivity contribution in [2.75, 3.05) is 0 Å². The zero-order valence-electron chi connectivity index (χ0n) is 7.92.